The van der Waals surface area contributed by atoms with Gasteiger partial charge >= 0.3 is 0 Å². The van der Waals surface area contributed by atoms with Crippen LogP contribution in [-0.4, -0.2) is 10.1 Å². The molecule has 4 nitrogen and oxygen atoms in total. The third-order valence-corrected chi connectivity index (χ3v) is 3.77. The van der Waals surface area contributed by atoms with Crippen LogP contribution in [0.3, 0.4) is 0 Å². The van der Waals surface area contributed by atoms with Crippen LogP contribution in [-0.2, 0) is 6.42 Å². The van der Waals surface area contributed by atoms with E-state index in [0.29, 0.717) is 28.8 Å². The van der Waals surface area contributed by atoms with Gasteiger partial charge < -0.3 is 10.3 Å². The molecule has 0 atom stereocenters. The molecule has 21 heavy (non-hydrogen) atoms. The van der Waals surface area contributed by atoms with E-state index in [1.807, 2.05) is 36.4 Å². The van der Waals surface area contributed by atoms with Gasteiger partial charge in [0, 0.05) is 27.2 Å². The Morgan fingerprint density at radius 3 is 2.76 bits per heavy atom. The summed E-state index contributed by atoms with van der Waals surface area (Å²) in [5, 5.41) is 4.68. The Kier molecular flexibility index (Phi) is 3.94. The molecule has 0 fully saturated rings. The van der Waals surface area contributed by atoms with Gasteiger partial charge in [-0.3, -0.25) is 0 Å². The first kappa shape index (κ1) is 14.1. The van der Waals surface area contributed by atoms with Crippen molar-refractivity contribution in [2.75, 3.05) is 5.73 Å². The van der Waals surface area contributed by atoms with Crippen LogP contribution in [0.1, 0.15) is 11.4 Å². The SMILES string of the molecule is Nc1cc(Br)cc(-c2nc(Cc3ccccc3Cl)no2)c1. The molecule has 0 radical (unpaired) electrons. The third-order valence-electron chi connectivity index (χ3n) is 2.94. The molecule has 106 valence electrons. The zero-order valence-corrected chi connectivity index (χ0v) is 13.2. The lowest BCUT2D eigenvalue weighted by Crippen LogP contribution is -1.92. The number of hydrogen-bond acceptors (Lipinski definition) is 4. The third kappa shape index (κ3) is 3.25. The molecule has 0 saturated heterocycles. The van der Waals surface area contributed by atoms with Crippen molar-refractivity contribution >= 4 is 33.2 Å². The molecule has 0 unspecified atom stereocenters. The van der Waals surface area contributed by atoms with Gasteiger partial charge in [0.15, 0.2) is 5.82 Å². The molecule has 6 heteroatoms. The van der Waals surface area contributed by atoms with E-state index in [1.165, 1.54) is 0 Å². The van der Waals surface area contributed by atoms with E-state index in [-0.39, 0.29) is 0 Å². The fourth-order valence-electron chi connectivity index (χ4n) is 1.99. The van der Waals surface area contributed by atoms with E-state index in [9.17, 15) is 0 Å². The molecular formula is C15H11BrClN3O. The Balaban J connectivity index is 1.88. The van der Waals surface area contributed by atoms with Crippen LogP contribution < -0.4 is 5.73 Å². The standard InChI is InChI=1S/C15H11BrClN3O/c16-11-5-10(6-12(18)8-11)15-19-14(20-21-15)7-9-3-1-2-4-13(9)17/h1-6,8H,7,18H2. The lowest BCUT2D eigenvalue weighted by atomic mass is 10.1. The lowest BCUT2D eigenvalue weighted by Gasteiger charge is -1.99. The number of nitrogen functional groups attached to an aromatic ring is 1. The van der Waals surface area contributed by atoms with Crippen LogP contribution in [0, 0.1) is 0 Å². The smallest absolute Gasteiger partial charge is 0.258 e. The Morgan fingerprint density at radius 2 is 2.00 bits per heavy atom. The van der Waals surface area contributed by atoms with Crippen LogP contribution >= 0.6 is 27.5 Å². The minimum absolute atomic E-state index is 0.435. The van der Waals surface area contributed by atoms with Crippen LogP contribution in [0.5, 0.6) is 0 Å². The minimum Gasteiger partial charge on any atom is -0.399 e. The zero-order chi connectivity index (χ0) is 14.8. The number of aromatic nitrogens is 2. The molecule has 0 spiro atoms. The van der Waals surface area contributed by atoms with Crippen molar-refractivity contribution in [3.05, 3.63) is 63.3 Å². The van der Waals surface area contributed by atoms with Gasteiger partial charge in [-0.15, -0.1) is 0 Å². The summed E-state index contributed by atoms with van der Waals surface area (Å²) in [6.45, 7) is 0. The van der Waals surface area contributed by atoms with E-state index >= 15 is 0 Å². The second-order valence-corrected chi connectivity index (χ2v) is 5.88. The highest BCUT2D eigenvalue weighted by Crippen LogP contribution is 2.26. The van der Waals surface area contributed by atoms with Crippen molar-refractivity contribution in [1.29, 1.82) is 0 Å². The number of halogens is 2. The maximum atomic E-state index is 6.13. The van der Waals surface area contributed by atoms with Crippen LogP contribution in [0.2, 0.25) is 5.02 Å². The summed E-state index contributed by atoms with van der Waals surface area (Å²) in [6, 6.07) is 13.1. The highest BCUT2D eigenvalue weighted by atomic mass is 79.9. The molecule has 2 aromatic carbocycles. The number of nitrogens with two attached hydrogens (primary N) is 1. The Labute approximate surface area is 135 Å². The molecule has 0 bridgehead atoms. The summed E-state index contributed by atoms with van der Waals surface area (Å²) >= 11 is 9.52. The molecular weight excluding hydrogens is 354 g/mol. The molecule has 0 aliphatic rings. The topological polar surface area (TPSA) is 64.9 Å². The Morgan fingerprint density at radius 1 is 1.19 bits per heavy atom. The highest BCUT2D eigenvalue weighted by molar-refractivity contribution is 9.10. The van der Waals surface area contributed by atoms with Gasteiger partial charge in [-0.05, 0) is 29.8 Å². The molecule has 0 aliphatic carbocycles. The second-order valence-electron chi connectivity index (χ2n) is 4.56. The molecule has 1 aromatic heterocycles. The monoisotopic (exact) mass is 363 g/mol. The molecule has 3 rings (SSSR count). The van der Waals surface area contributed by atoms with E-state index in [2.05, 4.69) is 26.1 Å². The van der Waals surface area contributed by atoms with Gasteiger partial charge in [0.05, 0.1) is 0 Å². The van der Waals surface area contributed by atoms with Crippen molar-refractivity contribution in [1.82, 2.24) is 10.1 Å². The first-order valence-corrected chi connectivity index (χ1v) is 7.41. The fraction of sp³-hybridized carbons (Fsp3) is 0.0667. The van der Waals surface area contributed by atoms with E-state index in [0.717, 1.165) is 15.6 Å². The largest absolute Gasteiger partial charge is 0.399 e. The summed E-state index contributed by atoms with van der Waals surface area (Å²) in [5.74, 6) is 1.02. The lowest BCUT2D eigenvalue weighted by molar-refractivity contribution is 0.424. The summed E-state index contributed by atoms with van der Waals surface area (Å²) in [4.78, 5) is 4.39. The summed E-state index contributed by atoms with van der Waals surface area (Å²) in [7, 11) is 0. The summed E-state index contributed by atoms with van der Waals surface area (Å²) < 4.78 is 6.16. The Hall–Kier alpha value is -1.85. The average Bonchev–Trinajstić information content (AvgIpc) is 2.89. The summed E-state index contributed by atoms with van der Waals surface area (Å²) in [6.07, 6.45) is 0.520. The molecule has 0 amide bonds. The van der Waals surface area contributed by atoms with Crippen molar-refractivity contribution in [3.63, 3.8) is 0 Å². The average molecular weight is 365 g/mol. The fourth-order valence-corrected chi connectivity index (χ4v) is 2.70. The second kappa shape index (κ2) is 5.87. The first-order valence-electron chi connectivity index (χ1n) is 6.24. The number of anilines is 1. The van der Waals surface area contributed by atoms with Gasteiger partial charge in [-0.1, -0.05) is 50.9 Å². The predicted octanol–water partition coefficient (Wildman–Crippen LogP) is 4.33. The number of rotatable bonds is 3. The number of nitrogens with zero attached hydrogens (tertiary/aromatic N) is 2. The number of hydrogen-bond donors (Lipinski definition) is 1. The van der Waals surface area contributed by atoms with Crippen molar-refractivity contribution in [2.24, 2.45) is 0 Å². The van der Waals surface area contributed by atoms with E-state index in [1.54, 1.807) is 6.07 Å². The zero-order valence-electron chi connectivity index (χ0n) is 10.9. The maximum Gasteiger partial charge on any atom is 0.258 e. The van der Waals surface area contributed by atoms with Crippen molar-refractivity contribution in [2.45, 2.75) is 6.42 Å². The number of benzene rings is 2. The van der Waals surface area contributed by atoms with Gasteiger partial charge in [0.25, 0.3) is 5.89 Å². The van der Waals surface area contributed by atoms with E-state index in [4.69, 9.17) is 21.9 Å². The van der Waals surface area contributed by atoms with Crippen molar-refractivity contribution in [3.8, 4) is 11.5 Å². The van der Waals surface area contributed by atoms with E-state index < -0.39 is 0 Å². The maximum absolute atomic E-state index is 6.13. The van der Waals surface area contributed by atoms with Crippen LogP contribution in [0.25, 0.3) is 11.5 Å². The minimum atomic E-state index is 0.435. The van der Waals surface area contributed by atoms with Gasteiger partial charge in [-0.25, -0.2) is 0 Å². The van der Waals surface area contributed by atoms with Gasteiger partial charge in [-0.2, -0.15) is 4.98 Å². The molecule has 3 aromatic rings. The molecule has 2 N–H and O–H groups in total. The normalized spacial score (nSPS) is 10.8. The van der Waals surface area contributed by atoms with Crippen molar-refractivity contribution < 1.29 is 4.52 Å². The highest BCUT2D eigenvalue weighted by Gasteiger charge is 2.11. The molecule has 0 saturated carbocycles. The summed E-state index contributed by atoms with van der Waals surface area (Å²) in [5.41, 5.74) is 8.18. The predicted molar refractivity (Wildman–Crippen MR) is 86.1 cm³/mol. The first-order chi connectivity index (χ1) is 10.1. The van der Waals surface area contributed by atoms with Crippen LogP contribution in [0.15, 0.2) is 51.5 Å². The van der Waals surface area contributed by atoms with Gasteiger partial charge in [0.2, 0.25) is 0 Å². The molecule has 1 heterocycles. The molecule has 0 aliphatic heterocycles. The van der Waals surface area contributed by atoms with Gasteiger partial charge in [0.1, 0.15) is 0 Å². The van der Waals surface area contributed by atoms with Crippen LogP contribution in [0.4, 0.5) is 5.69 Å². The quantitative estimate of drug-likeness (QED) is 0.703. The Bertz CT molecular complexity index is 768.